The van der Waals surface area contributed by atoms with Crippen LogP contribution in [0.25, 0.3) is 0 Å². The minimum Gasteiger partial charge on any atom is -0.316 e. The van der Waals surface area contributed by atoms with Gasteiger partial charge < -0.3 is 4.84 Å². The zero-order valence-corrected chi connectivity index (χ0v) is 11.6. The quantitative estimate of drug-likeness (QED) is 0.472. The molecule has 0 atom stereocenters. The Bertz CT molecular complexity index is 525. The summed E-state index contributed by atoms with van der Waals surface area (Å²) in [6.45, 7) is 5.20. The molecule has 0 aliphatic carbocycles. The van der Waals surface area contributed by atoms with E-state index in [4.69, 9.17) is 17.1 Å². The number of carbonyl (C=O) groups is 2. The molecular weight excluding hydrogens is 264 g/mol. The van der Waals surface area contributed by atoms with E-state index < -0.39 is 6.09 Å². The number of allylic oxidation sites excluding steroid dienone is 1. The van der Waals surface area contributed by atoms with Gasteiger partial charge in [-0.25, -0.2) is 9.69 Å². The van der Waals surface area contributed by atoms with Crippen LogP contribution in [0.15, 0.2) is 37.1 Å². The summed E-state index contributed by atoms with van der Waals surface area (Å²) in [5, 5.41) is 0. The standard InChI is InChI=1S/C13H16N2O3S/c1-3-4-6-9-14(11(2)16)13(17)18-15-10-7-5-8-12(15)19/h3,5,7-8,10H,1,4,6,9H2,2H3. The minimum absolute atomic E-state index is 0.292. The molecule has 6 heteroatoms. The first-order valence-electron chi connectivity index (χ1n) is 5.85. The van der Waals surface area contributed by atoms with Crippen LogP contribution >= 0.6 is 12.2 Å². The molecule has 2 amide bonds. The molecule has 19 heavy (non-hydrogen) atoms. The topological polar surface area (TPSA) is 51.5 Å². The maximum Gasteiger partial charge on any atom is 0.441 e. The number of nitrogens with zero attached hydrogens (tertiary/aromatic N) is 2. The molecule has 1 rings (SSSR count). The average Bonchev–Trinajstić information content (AvgIpc) is 2.37. The van der Waals surface area contributed by atoms with Crippen molar-refractivity contribution in [1.82, 2.24) is 9.63 Å². The van der Waals surface area contributed by atoms with Gasteiger partial charge in [0.1, 0.15) is 4.64 Å². The molecule has 0 saturated heterocycles. The van der Waals surface area contributed by atoms with Crippen molar-refractivity contribution in [3.05, 3.63) is 41.7 Å². The van der Waals surface area contributed by atoms with Gasteiger partial charge in [-0.15, -0.1) is 6.58 Å². The van der Waals surface area contributed by atoms with Crippen molar-refractivity contribution in [2.75, 3.05) is 6.54 Å². The minimum atomic E-state index is -0.737. The number of carbonyl (C=O) groups excluding carboxylic acids is 2. The molecule has 0 fully saturated rings. The second-order valence-corrected chi connectivity index (χ2v) is 4.24. The predicted octanol–water partition coefficient (Wildman–Crippen LogP) is 2.58. The second-order valence-electron chi connectivity index (χ2n) is 3.82. The fourth-order valence-corrected chi connectivity index (χ4v) is 1.57. The number of pyridine rings is 1. The van der Waals surface area contributed by atoms with Gasteiger partial charge in [-0.1, -0.05) is 24.4 Å². The van der Waals surface area contributed by atoms with Crippen LogP contribution in [0.2, 0.25) is 0 Å². The van der Waals surface area contributed by atoms with Crippen LogP contribution in [0.3, 0.4) is 0 Å². The Morgan fingerprint density at radius 1 is 1.53 bits per heavy atom. The molecule has 0 spiro atoms. The Kier molecular flexibility index (Phi) is 5.95. The molecule has 1 aromatic rings. The SMILES string of the molecule is C=CCCCN(C(C)=O)C(=O)On1ccccc1=S. The molecule has 0 N–H and O–H groups in total. The van der Waals surface area contributed by atoms with Crippen LogP contribution in [0.5, 0.6) is 0 Å². The van der Waals surface area contributed by atoms with E-state index in [1.165, 1.54) is 13.1 Å². The Labute approximate surface area is 117 Å². The molecule has 0 unspecified atom stereocenters. The van der Waals surface area contributed by atoms with Crippen LogP contribution in [0.1, 0.15) is 19.8 Å². The van der Waals surface area contributed by atoms with Gasteiger partial charge in [-0.3, -0.25) is 4.79 Å². The van der Waals surface area contributed by atoms with Crippen molar-refractivity contribution in [2.45, 2.75) is 19.8 Å². The molecular formula is C13H16N2O3S. The monoisotopic (exact) mass is 280 g/mol. The van der Waals surface area contributed by atoms with Crippen LogP contribution < -0.4 is 4.84 Å². The number of aromatic nitrogens is 1. The third-order valence-corrected chi connectivity index (χ3v) is 2.67. The third-order valence-electron chi connectivity index (χ3n) is 2.36. The Morgan fingerprint density at radius 2 is 2.26 bits per heavy atom. The third kappa shape index (κ3) is 4.67. The largest absolute Gasteiger partial charge is 0.441 e. The molecule has 0 saturated carbocycles. The first kappa shape index (κ1) is 15.1. The van der Waals surface area contributed by atoms with E-state index in [0.717, 1.165) is 16.1 Å². The van der Waals surface area contributed by atoms with E-state index in [9.17, 15) is 9.59 Å². The predicted molar refractivity (Wildman–Crippen MR) is 74.1 cm³/mol. The number of rotatable bonds is 5. The fraction of sp³-hybridized carbons (Fsp3) is 0.308. The molecule has 102 valence electrons. The van der Waals surface area contributed by atoms with E-state index in [2.05, 4.69) is 6.58 Å². The Morgan fingerprint density at radius 3 is 2.84 bits per heavy atom. The number of hydrogen-bond donors (Lipinski definition) is 0. The Balaban J connectivity index is 2.72. The van der Waals surface area contributed by atoms with E-state index in [1.807, 2.05) is 0 Å². The van der Waals surface area contributed by atoms with Gasteiger partial charge in [0.05, 0.1) is 0 Å². The van der Waals surface area contributed by atoms with E-state index in [0.29, 0.717) is 17.6 Å². The summed E-state index contributed by atoms with van der Waals surface area (Å²) in [4.78, 5) is 29.4. The van der Waals surface area contributed by atoms with Crippen molar-refractivity contribution >= 4 is 24.2 Å². The van der Waals surface area contributed by atoms with Gasteiger partial charge in [-0.2, -0.15) is 4.73 Å². The normalized spacial score (nSPS) is 9.74. The molecule has 0 aliphatic rings. The summed E-state index contributed by atoms with van der Waals surface area (Å²) in [6, 6.07) is 5.04. The summed E-state index contributed by atoms with van der Waals surface area (Å²) in [5.74, 6) is -0.364. The second kappa shape index (κ2) is 7.48. The molecule has 0 bridgehead atoms. The van der Waals surface area contributed by atoms with Crippen LogP contribution in [-0.2, 0) is 4.79 Å². The first-order valence-corrected chi connectivity index (χ1v) is 6.26. The zero-order chi connectivity index (χ0) is 14.3. The lowest BCUT2D eigenvalue weighted by atomic mass is 10.3. The smallest absolute Gasteiger partial charge is 0.316 e. The average molecular weight is 280 g/mol. The van der Waals surface area contributed by atoms with E-state index in [-0.39, 0.29) is 5.91 Å². The van der Waals surface area contributed by atoms with Crippen molar-refractivity contribution in [2.24, 2.45) is 0 Å². The highest BCUT2D eigenvalue weighted by Crippen LogP contribution is 2.00. The maximum atomic E-state index is 11.9. The molecule has 1 heterocycles. The summed E-state index contributed by atoms with van der Waals surface area (Å²) >= 11 is 5.00. The van der Waals surface area contributed by atoms with Gasteiger partial charge in [0.25, 0.3) is 0 Å². The summed E-state index contributed by atoms with van der Waals surface area (Å²) < 4.78 is 1.51. The summed E-state index contributed by atoms with van der Waals surface area (Å²) in [5.41, 5.74) is 0. The van der Waals surface area contributed by atoms with Gasteiger partial charge in [0.15, 0.2) is 0 Å². The van der Waals surface area contributed by atoms with Crippen molar-refractivity contribution < 1.29 is 14.4 Å². The molecule has 0 aliphatic heterocycles. The number of amides is 2. The van der Waals surface area contributed by atoms with Crippen LogP contribution in [0, 0.1) is 4.64 Å². The lowest BCUT2D eigenvalue weighted by molar-refractivity contribution is -0.127. The van der Waals surface area contributed by atoms with Crippen LogP contribution in [0.4, 0.5) is 4.79 Å². The highest BCUT2D eigenvalue weighted by molar-refractivity contribution is 7.71. The zero-order valence-electron chi connectivity index (χ0n) is 10.7. The lowest BCUT2D eigenvalue weighted by Gasteiger charge is -2.18. The molecule has 5 nitrogen and oxygen atoms in total. The summed E-state index contributed by atoms with van der Waals surface area (Å²) in [6.07, 6.45) is 3.89. The maximum absolute atomic E-state index is 11.9. The van der Waals surface area contributed by atoms with Gasteiger partial charge in [-0.05, 0) is 25.0 Å². The van der Waals surface area contributed by atoms with Crippen molar-refractivity contribution in [3.63, 3.8) is 0 Å². The lowest BCUT2D eigenvalue weighted by Crippen LogP contribution is -2.40. The molecule has 0 radical (unpaired) electrons. The van der Waals surface area contributed by atoms with E-state index in [1.54, 1.807) is 24.3 Å². The van der Waals surface area contributed by atoms with Gasteiger partial charge >= 0.3 is 6.09 Å². The summed E-state index contributed by atoms with van der Waals surface area (Å²) in [7, 11) is 0. The van der Waals surface area contributed by atoms with Crippen molar-refractivity contribution in [3.8, 4) is 0 Å². The molecule has 0 aromatic carbocycles. The van der Waals surface area contributed by atoms with Crippen LogP contribution in [-0.4, -0.2) is 28.2 Å². The van der Waals surface area contributed by atoms with E-state index >= 15 is 0 Å². The fourth-order valence-electron chi connectivity index (χ4n) is 1.39. The van der Waals surface area contributed by atoms with Gasteiger partial charge in [0, 0.05) is 19.7 Å². The number of unbranched alkanes of at least 4 members (excludes halogenated alkanes) is 1. The van der Waals surface area contributed by atoms with Gasteiger partial charge in [0.2, 0.25) is 5.91 Å². The number of imide groups is 1. The Hall–Kier alpha value is -1.95. The first-order chi connectivity index (χ1) is 9.06. The van der Waals surface area contributed by atoms with Crippen molar-refractivity contribution in [1.29, 1.82) is 0 Å². The highest BCUT2D eigenvalue weighted by Gasteiger charge is 2.19. The highest BCUT2D eigenvalue weighted by atomic mass is 32.1. The number of hydrogen-bond acceptors (Lipinski definition) is 4. The molecule has 1 aromatic heterocycles.